The number of methoxy groups -OCH3 is 2. The van der Waals surface area contributed by atoms with Crippen molar-refractivity contribution in [2.24, 2.45) is 0 Å². The Hall–Kier alpha value is -3.35. The number of nitrogens with zero attached hydrogens (tertiary/aromatic N) is 2. The second-order valence-corrected chi connectivity index (χ2v) is 6.60. The fourth-order valence-electron chi connectivity index (χ4n) is 3.14. The van der Waals surface area contributed by atoms with Gasteiger partial charge in [0, 0.05) is 26.0 Å². The molecule has 0 aliphatic heterocycles. The van der Waals surface area contributed by atoms with Crippen LogP contribution in [0.3, 0.4) is 0 Å². The quantitative estimate of drug-likeness (QED) is 0.598. The van der Waals surface area contributed by atoms with Crippen LogP contribution < -0.4 is 14.8 Å². The summed E-state index contributed by atoms with van der Waals surface area (Å²) in [6, 6.07) is 15.4. The van der Waals surface area contributed by atoms with E-state index in [4.69, 9.17) is 13.9 Å². The average molecular weight is 395 g/mol. The summed E-state index contributed by atoms with van der Waals surface area (Å²) in [5.74, 6) is 2.03. The van der Waals surface area contributed by atoms with E-state index in [0.29, 0.717) is 24.7 Å². The first-order valence-corrected chi connectivity index (χ1v) is 9.43. The number of amides is 1. The maximum atomic E-state index is 12.6. The number of ether oxygens (including phenoxy) is 2. The lowest BCUT2D eigenvalue weighted by Crippen LogP contribution is -2.27. The number of carbonyl (C=O) groups excluding carboxylic acids is 1. The summed E-state index contributed by atoms with van der Waals surface area (Å²) >= 11 is 0. The van der Waals surface area contributed by atoms with Crippen molar-refractivity contribution in [3.05, 3.63) is 71.4 Å². The van der Waals surface area contributed by atoms with Gasteiger partial charge in [0.25, 0.3) is 0 Å². The predicted octanol–water partition coefficient (Wildman–Crippen LogP) is 3.28. The number of aromatic nitrogens is 2. The summed E-state index contributed by atoms with van der Waals surface area (Å²) in [5, 5.41) is 11.0. The second kappa shape index (κ2) is 9.73. The molecule has 0 bridgehead atoms. The summed E-state index contributed by atoms with van der Waals surface area (Å²) in [6.07, 6.45) is 0.875. The van der Waals surface area contributed by atoms with Crippen molar-refractivity contribution in [1.82, 2.24) is 15.5 Å². The molecule has 3 aromatic rings. The summed E-state index contributed by atoms with van der Waals surface area (Å²) in [7, 11) is 3.23. The second-order valence-electron chi connectivity index (χ2n) is 6.60. The Morgan fingerprint density at radius 3 is 2.55 bits per heavy atom. The van der Waals surface area contributed by atoms with Crippen molar-refractivity contribution in [3.8, 4) is 11.5 Å². The van der Waals surface area contributed by atoms with E-state index < -0.39 is 0 Å². The van der Waals surface area contributed by atoms with Crippen molar-refractivity contribution in [2.45, 2.75) is 25.7 Å². The monoisotopic (exact) mass is 395 g/mol. The smallest absolute Gasteiger partial charge is 0.224 e. The maximum Gasteiger partial charge on any atom is 0.224 e. The minimum Gasteiger partial charge on any atom is -0.497 e. The van der Waals surface area contributed by atoms with Gasteiger partial charge in [-0.1, -0.05) is 36.4 Å². The number of rotatable bonds is 9. The molecule has 1 heterocycles. The van der Waals surface area contributed by atoms with Crippen LogP contribution >= 0.6 is 0 Å². The average Bonchev–Trinajstić information content (AvgIpc) is 3.18. The zero-order valence-electron chi connectivity index (χ0n) is 16.8. The topological polar surface area (TPSA) is 86.5 Å². The molecule has 0 fully saturated rings. The van der Waals surface area contributed by atoms with E-state index in [0.717, 1.165) is 22.6 Å². The molecular formula is C22H25N3O4. The molecule has 2 aromatic carbocycles. The van der Waals surface area contributed by atoms with Gasteiger partial charge >= 0.3 is 0 Å². The first-order valence-electron chi connectivity index (χ1n) is 9.43. The minimum absolute atomic E-state index is 0.0813. The molecule has 152 valence electrons. The van der Waals surface area contributed by atoms with Gasteiger partial charge in [0.05, 0.1) is 20.1 Å². The molecule has 1 atom stereocenters. The SMILES string of the molecule is COc1ccc(CCNC(=O)CC(c2ccccc2)c2nnc(C)o2)c(OC)c1. The molecular weight excluding hydrogens is 370 g/mol. The van der Waals surface area contributed by atoms with Crippen molar-refractivity contribution in [2.75, 3.05) is 20.8 Å². The first-order chi connectivity index (χ1) is 14.1. The van der Waals surface area contributed by atoms with E-state index >= 15 is 0 Å². The molecule has 1 unspecified atom stereocenters. The number of aryl methyl sites for hydroxylation is 1. The summed E-state index contributed by atoms with van der Waals surface area (Å²) in [4.78, 5) is 12.6. The molecule has 0 saturated heterocycles. The van der Waals surface area contributed by atoms with E-state index in [1.54, 1.807) is 21.1 Å². The Morgan fingerprint density at radius 2 is 1.90 bits per heavy atom. The number of hydrogen-bond donors (Lipinski definition) is 1. The van der Waals surface area contributed by atoms with Gasteiger partial charge in [-0.15, -0.1) is 10.2 Å². The van der Waals surface area contributed by atoms with Crippen LogP contribution in [0.4, 0.5) is 0 Å². The van der Waals surface area contributed by atoms with Crippen molar-refractivity contribution in [1.29, 1.82) is 0 Å². The van der Waals surface area contributed by atoms with Crippen LogP contribution in [-0.2, 0) is 11.2 Å². The Morgan fingerprint density at radius 1 is 1.10 bits per heavy atom. The lowest BCUT2D eigenvalue weighted by Gasteiger charge is -2.14. The Kier molecular flexibility index (Phi) is 6.84. The molecule has 0 radical (unpaired) electrons. The maximum absolute atomic E-state index is 12.6. The summed E-state index contributed by atoms with van der Waals surface area (Å²) in [6.45, 7) is 2.23. The van der Waals surface area contributed by atoms with E-state index in [-0.39, 0.29) is 18.2 Å². The van der Waals surface area contributed by atoms with Crippen LogP contribution in [0, 0.1) is 6.92 Å². The lowest BCUT2D eigenvalue weighted by molar-refractivity contribution is -0.121. The van der Waals surface area contributed by atoms with Crippen LogP contribution in [0.15, 0.2) is 52.9 Å². The van der Waals surface area contributed by atoms with Crippen molar-refractivity contribution < 1.29 is 18.7 Å². The van der Waals surface area contributed by atoms with Gasteiger partial charge in [-0.05, 0) is 23.6 Å². The van der Waals surface area contributed by atoms with Gasteiger partial charge < -0.3 is 19.2 Å². The van der Waals surface area contributed by atoms with E-state index in [2.05, 4.69) is 15.5 Å². The zero-order chi connectivity index (χ0) is 20.6. The number of benzene rings is 2. The lowest BCUT2D eigenvalue weighted by atomic mass is 9.95. The number of nitrogens with one attached hydrogen (secondary N) is 1. The summed E-state index contributed by atoms with van der Waals surface area (Å²) < 4.78 is 16.2. The first kappa shape index (κ1) is 20.4. The highest BCUT2D eigenvalue weighted by Gasteiger charge is 2.23. The fourth-order valence-corrected chi connectivity index (χ4v) is 3.14. The van der Waals surface area contributed by atoms with Crippen molar-refractivity contribution >= 4 is 5.91 Å². The highest BCUT2D eigenvalue weighted by molar-refractivity contribution is 5.77. The summed E-state index contributed by atoms with van der Waals surface area (Å²) in [5.41, 5.74) is 1.96. The van der Waals surface area contributed by atoms with Crippen LogP contribution in [0.1, 0.15) is 35.2 Å². The van der Waals surface area contributed by atoms with E-state index in [9.17, 15) is 4.79 Å². The Labute approximate surface area is 170 Å². The molecule has 1 N–H and O–H groups in total. The normalized spacial score (nSPS) is 11.7. The largest absolute Gasteiger partial charge is 0.497 e. The third-order valence-corrected chi connectivity index (χ3v) is 4.64. The number of carbonyl (C=O) groups is 1. The molecule has 29 heavy (non-hydrogen) atoms. The molecule has 0 aliphatic rings. The van der Waals surface area contributed by atoms with Crippen LogP contribution in [0.5, 0.6) is 11.5 Å². The molecule has 3 rings (SSSR count). The molecule has 1 aromatic heterocycles. The fraction of sp³-hybridized carbons (Fsp3) is 0.318. The van der Waals surface area contributed by atoms with Crippen molar-refractivity contribution in [3.63, 3.8) is 0 Å². The molecule has 7 heteroatoms. The van der Waals surface area contributed by atoms with Gasteiger partial charge in [0.2, 0.25) is 17.7 Å². The Balaban J connectivity index is 1.62. The minimum atomic E-state index is -0.284. The third-order valence-electron chi connectivity index (χ3n) is 4.64. The van der Waals surface area contributed by atoms with Crippen LogP contribution in [0.25, 0.3) is 0 Å². The molecule has 0 saturated carbocycles. The van der Waals surface area contributed by atoms with Gasteiger partial charge in [0.15, 0.2) is 0 Å². The predicted molar refractivity (Wildman–Crippen MR) is 108 cm³/mol. The van der Waals surface area contributed by atoms with Gasteiger partial charge in [-0.2, -0.15) is 0 Å². The molecule has 0 aliphatic carbocycles. The molecule has 1 amide bonds. The van der Waals surface area contributed by atoms with Gasteiger partial charge in [0.1, 0.15) is 11.5 Å². The van der Waals surface area contributed by atoms with E-state index in [1.807, 2.05) is 48.5 Å². The number of hydrogen-bond acceptors (Lipinski definition) is 6. The standard InChI is InChI=1S/C22H25N3O4/c1-15-24-25-22(29-15)19(16-7-5-4-6-8-16)14-21(26)23-12-11-17-9-10-18(27-2)13-20(17)28-3/h4-10,13,19H,11-12,14H2,1-3H3,(H,23,26). The third kappa shape index (κ3) is 5.34. The molecule has 0 spiro atoms. The van der Waals surface area contributed by atoms with Gasteiger partial charge in [-0.3, -0.25) is 4.79 Å². The van der Waals surface area contributed by atoms with Crippen LogP contribution in [-0.4, -0.2) is 36.9 Å². The highest BCUT2D eigenvalue weighted by atomic mass is 16.5. The molecule has 7 nitrogen and oxygen atoms in total. The van der Waals surface area contributed by atoms with Gasteiger partial charge in [-0.25, -0.2) is 0 Å². The zero-order valence-corrected chi connectivity index (χ0v) is 16.8. The highest BCUT2D eigenvalue weighted by Crippen LogP contribution is 2.27. The van der Waals surface area contributed by atoms with Crippen LogP contribution in [0.2, 0.25) is 0 Å². The van der Waals surface area contributed by atoms with E-state index in [1.165, 1.54) is 0 Å². The Bertz CT molecular complexity index is 940.